The quantitative estimate of drug-likeness (QED) is 0.445. The smallest absolute Gasteiger partial charge is 0.120 e. The molecule has 0 saturated carbocycles. The summed E-state index contributed by atoms with van der Waals surface area (Å²) in [5, 5.41) is 0. The maximum absolute atomic E-state index is 10.4. The van der Waals surface area contributed by atoms with Gasteiger partial charge in [-0.15, -0.1) is 0 Å². The zero-order chi connectivity index (χ0) is 15.9. The molecule has 0 aliphatic heterocycles. The molecule has 0 spiro atoms. The molecule has 0 fully saturated rings. The fourth-order valence-electron chi connectivity index (χ4n) is 2.91. The van der Waals surface area contributed by atoms with Gasteiger partial charge in [-0.25, -0.2) is 0 Å². The molecule has 116 valence electrons. The minimum absolute atomic E-state index is 0.299. The highest BCUT2D eigenvalue weighted by atomic mass is 16.1. The van der Waals surface area contributed by atoms with Crippen LogP contribution in [-0.4, -0.2) is 6.29 Å². The summed E-state index contributed by atoms with van der Waals surface area (Å²) in [5.41, 5.74) is 4.57. The molecule has 0 heterocycles. The van der Waals surface area contributed by atoms with Crippen molar-refractivity contribution in [1.82, 2.24) is 0 Å². The number of hydrogen-bond donors (Lipinski definition) is 0. The monoisotopic (exact) mass is 286 g/mol. The number of rotatable bonds is 6. The highest BCUT2D eigenvalue weighted by Crippen LogP contribution is 2.40. The van der Waals surface area contributed by atoms with Crippen molar-refractivity contribution in [3.63, 3.8) is 0 Å². The van der Waals surface area contributed by atoms with E-state index >= 15 is 0 Å². The molecule has 0 saturated heterocycles. The Kier molecular flexibility index (Phi) is 6.87. The van der Waals surface area contributed by atoms with E-state index in [1.165, 1.54) is 36.0 Å². The fraction of sp³-hybridized carbons (Fsp3) is 0.550. The number of allylic oxidation sites excluding steroid dienone is 8. The Hall–Kier alpha value is -1.37. The van der Waals surface area contributed by atoms with Crippen LogP contribution < -0.4 is 0 Å². The van der Waals surface area contributed by atoms with Crippen LogP contribution in [-0.2, 0) is 4.79 Å². The minimum Gasteiger partial charge on any atom is -0.303 e. The SMILES string of the molecule is CC1=C(/C=C/C(C)=C/C=C/[C@H](C)CC=O)C(C)(C)CCC1. The summed E-state index contributed by atoms with van der Waals surface area (Å²) in [6, 6.07) is 0. The molecule has 1 nitrogen and oxygen atoms in total. The van der Waals surface area contributed by atoms with Crippen LogP contribution in [0.3, 0.4) is 0 Å². The van der Waals surface area contributed by atoms with E-state index in [0.29, 0.717) is 17.8 Å². The molecule has 0 radical (unpaired) electrons. The van der Waals surface area contributed by atoms with Crippen LogP contribution in [0.2, 0.25) is 0 Å². The van der Waals surface area contributed by atoms with Gasteiger partial charge in [0.15, 0.2) is 0 Å². The van der Waals surface area contributed by atoms with Crippen LogP contribution in [0.25, 0.3) is 0 Å². The Balaban J connectivity index is 2.73. The van der Waals surface area contributed by atoms with E-state index in [-0.39, 0.29) is 0 Å². The van der Waals surface area contributed by atoms with Gasteiger partial charge in [0, 0.05) is 6.42 Å². The van der Waals surface area contributed by atoms with E-state index in [1.807, 2.05) is 0 Å². The van der Waals surface area contributed by atoms with Crippen molar-refractivity contribution in [3.05, 3.63) is 47.1 Å². The van der Waals surface area contributed by atoms with Gasteiger partial charge in [0.05, 0.1) is 0 Å². The number of aldehydes is 1. The zero-order valence-electron chi connectivity index (χ0n) is 14.3. The Labute approximate surface area is 130 Å². The van der Waals surface area contributed by atoms with E-state index in [2.05, 4.69) is 65.0 Å². The van der Waals surface area contributed by atoms with Gasteiger partial charge < -0.3 is 4.79 Å². The molecule has 0 amide bonds. The first kappa shape index (κ1) is 17.7. The Bertz CT molecular complexity index is 472. The summed E-state index contributed by atoms with van der Waals surface area (Å²) in [4.78, 5) is 10.4. The topological polar surface area (TPSA) is 17.1 Å². The number of carbonyl (C=O) groups is 1. The van der Waals surface area contributed by atoms with Crippen molar-refractivity contribution < 1.29 is 4.79 Å². The molecule has 1 rings (SSSR count). The van der Waals surface area contributed by atoms with Gasteiger partial charge in [0.2, 0.25) is 0 Å². The molecule has 21 heavy (non-hydrogen) atoms. The third-order valence-electron chi connectivity index (χ3n) is 4.32. The van der Waals surface area contributed by atoms with Crippen molar-refractivity contribution in [2.24, 2.45) is 11.3 Å². The van der Waals surface area contributed by atoms with Gasteiger partial charge in [-0.1, -0.05) is 62.3 Å². The van der Waals surface area contributed by atoms with Gasteiger partial charge in [0.25, 0.3) is 0 Å². The van der Waals surface area contributed by atoms with E-state index in [4.69, 9.17) is 0 Å². The van der Waals surface area contributed by atoms with E-state index in [1.54, 1.807) is 0 Å². The average Bonchev–Trinajstić information content (AvgIpc) is 2.37. The third-order valence-corrected chi connectivity index (χ3v) is 4.32. The van der Waals surface area contributed by atoms with E-state index in [9.17, 15) is 4.79 Å². The molecule has 1 aliphatic carbocycles. The van der Waals surface area contributed by atoms with Gasteiger partial charge >= 0.3 is 0 Å². The van der Waals surface area contributed by atoms with Crippen molar-refractivity contribution >= 4 is 6.29 Å². The van der Waals surface area contributed by atoms with Gasteiger partial charge in [-0.05, 0) is 50.0 Å². The maximum Gasteiger partial charge on any atom is 0.120 e. The number of carbonyl (C=O) groups excluding carboxylic acids is 1. The van der Waals surface area contributed by atoms with Crippen LogP contribution in [0.4, 0.5) is 0 Å². The van der Waals surface area contributed by atoms with Crippen LogP contribution in [0.5, 0.6) is 0 Å². The largest absolute Gasteiger partial charge is 0.303 e. The summed E-state index contributed by atoms with van der Waals surface area (Å²) < 4.78 is 0. The fourth-order valence-corrected chi connectivity index (χ4v) is 2.91. The second kappa shape index (κ2) is 8.17. The van der Waals surface area contributed by atoms with Crippen LogP contribution in [0.1, 0.15) is 60.3 Å². The van der Waals surface area contributed by atoms with Crippen LogP contribution >= 0.6 is 0 Å². The van der Waals surface area contributed by atoms with Crippen LogP contribution in [0.15, 0.2) is 47.1 Å². The summed E-state index contributed by atoms with van der Waals surface area (Å²) in [7, 11) is 0. The predicted molar refractivity (Wildman–Crippen MR) is 92.2 cm³/mol. The number of hydrogen-bond acceptors (Lipinski definition) is 1. The van der Waals surface area contributed by atoms with Crippen molar-refractivity contribution in [2.45, 2.75) is 60.3 Å². The molecule has 1 atom stereocenters. The molecule has 0 aromatic heterocycles. The summed E-state index contributed by atoms with van der Waals surface area (Å²) in [6.45, 7) is 11.1. The molecular formula is C20H30O. The Morgan fingerprint density at radius 3 is 2.71 bits per heavy atom. The van der Waals surface area contributed by atoms with Gasteiger partial charge in [-0.2, -0.15) is 0 Å². The summed E-state index contributed by atoms with van der Waals surface area (Å²) in [5.74, 6) is 0.317. The molecule has 1 heteroatoms. The normalized spacial score (nSPS) is 21.3. The molecule has 1 aliphatic rings. The lowest BCUT2D eigenvalue weighted by molar-refractivity contribution is -0.108. The molecule has 0 aromatic rings. The molecule has 0 bridgehead atoms. The van der Waals surface area contributed by atoms with E-state index < -0.39 is 0 Å². The highest BCUT2D eigenvalue weighted by Gasteiger charge is 2.26. The van der Waals surface area contributed by atoms with Crippen molar-refractivity contribution in [2.75, 3.05) is 0 Å². The summed E-state index contributed by atoms with van der Waals surface area (Å²) >= 11 is 0. The second-order valence-corrected chi connectivity index (χ2v) is 6.94. The lowest BCUT2D eigenvalue weighted by atomic mass is 9.72. The molecule has 0 N–H and O–H groups in total. The zero-order valence-corrected chi connectivity index (χ0v) is 14.3. The molecule has 0 unspecified atom stereocenters. The second-order valence-electron chi connectivity index (χ2n) is 6.94. The third kappa shape index (κ3) is 5.87. The first-order valence-electron chi connectivity index (χ1n) is 8.04. The van der Waals surface area contributed by atoms with Gasteiger partial charge in [0.1, 0.15) is 6.29 Å². The highest BCUT2D eigenvalue weighted by molar-refractivity contribution is 5.50. The predicted octanol–water partition coefficient (Wildman–Crippen LogP) is 5.80. The standard InChI is InChI=1S/C20H30O/c1-16(8-6-9-17(2)13-15-21)11-12-19-18(3)10-7-14-20(19,4)5/h6,8-9,11-12,15,17H,7,10,13-14H2,1-5H3/b9-6+,12-11+,16-8+/t17-/m0/s1. The lowest BCUT2D eigenvalue weighted by Gasteiger charge is -2.32. The minimum atomic E-state index is 0.299. The summed E-state index contributed by atoms with van der Waals surface area (Å²) in [6.07, 6.45) is 16.1. The Morgan fingerprint density at radius 2 is 2.10 bits per heavy atom. The average molecular weight is 286 g/mol. The van der Waals surface area contributed by atoms with Crippen molar-refractivity contribution in [3.8, 4) is 0 Å². The first-order chi connectivity index (χ1) is 9.86. The van der Waals surface area contributed by atoms with Gasteiger partial charge in [-0.3, -0.25) is 0 Å². The first-order valence-corrected chi connectivity index (χ1v) is 8.04. The molecular weight excluding hydrogens is 256 g/mol. The Morgan fingerprint density at radius 1 is 1.38 bits per heavy atom. The lowest BCUT2D eigenvalue weighted by Crippen LogP contribution is -2.19. The maximum atomic E-state index is 10.4. The van der Waals surface area contributed by atoms with Crippen LogP contribution in [0, 0.1) is 11.3 Å². The van der Waals surface area contributed by atoms with E-state index in [0.717, 1.165) is 6.29 Å². The molecule has 0 aromatic carbocycles. The van der Waals surface area contributed by atoms with Crippen molar-refractivity contribution in [1.29, 1.82) is 0 Å².